The molecule has 0 spiro atoms. The van der Waals surface area contributed by atoms with Crippen molar-refractivity contribution in [3.63, 3.8) is 0 Å². The van der Waals surface area contributed by atoms with Crippen LogP contribution in [0.25, 0.3) is 11.1 Å². The van der Waals surface area contributed by atoms with Gasteiger partial charge in [-0.1, -0.05) is 42.5 Å². The lowest BCUT2D eigenvalue weighted by Crippen LogP contribution is -2.39. The van der Waals surface area contributed by atoms with Gasteiger partial charge < -0.3 is 5.32 Å². The van der Waals surface area contributed by atoms with Gasteiger partial charge in [-0.05, 0) is 71.3 Å². The van der Waals surface area contributed by atoms with Crippen LogP contribution in [0.1, 0.15) is 46.3 Å². The van der Waals surface area contributed by atoms with Crippen LogP contribution in [0.2, 0.25) is 0 Å². The predicted octanol–water partition coefficient (Wildman–Crippen LogP) is 6.01. The summed E-state index contributed by atoms with van der Waals surface area (Å²) in [5, 5.41) is 3.16. The monoisotopic (exact) mass is 478 g/mol. The van der Waals surface area contributed by atoms with Crippen LogP contribution in [0.15, 0.2) is 66.7 Å². The molecule has 1 amide bonds. The summed E-state index contributed by atoms with van der Waals surface area (Å²) in [4.78, 5) is 14.9. The van der Waals surface area contributed by atoms with Crippen molar-refractivity contribution in [2.24, 2.45) is 0 Å². The van der Waals surface area contributed by atoms with E-state index in [1.165, 1.54) is 23.3 Å². The molecule has 1 fully saturated rings. The van der Waals surface area contributed by atoms with Gasteiger partial charge in [-0.25, -0.2) is 13.2 Å². The zero-order valence-corrected chi connectivity index (χ0v) is 19.6. The van der Waals surface area contributed by atoms with Gasteiger partial charge >= 0.3 is 0 Å². The number of aryl methyl sites for hydroxylation is 1. The molecule has 0 saturated carbocycles. The number of piperidine rings is 1. The van der Waals surface area contributed by atoms with Crippen molar-refractivity contribution in [3.8, 4) is 11.1 Å². The largest absolute Gasteiger partial charge is 0.349 e. The van der Waals surface area contributed by atoms with Gasteiger partial charge in [0.25, 0.3) is 11.8 Å². The molecule has 0 aromatic heterocycles. The highest BCUT2D eigenvalue weighted by Crippen LogP contribution is 2.29. The summed E-state index contributed by atoms with van der Waals surface area (Å²) >= 11 is 0. The molecule has 182 valence electrons. The maximum atomic E-state index is 13.4. The molecule has 1 unspecified atom stereocenters. The number of hydrogen-bond donors (Lipinski definition) is 1. The minimum absolute atomic E-state index is 0.0612. The van der Waals surface area contributed by atoms with E-state index in [2.05, 4.69) is 28.4 Å². The molecule has 3 aromatic carbocycles. The lowest BCUT2D eigenvalue weighted by atomic mass is 9.87. The van der Waals surface area contributed by atoms with Gasteiger partial charge in [0.15, 0.2) is 0 Å². The van der Waals surface area contributed by atoms with Gasteiger partial charge in [0.2, 0.25) is 0 Å². The maximum absolute atomic E-state index is 13.4. The molecule has 1 heterocycles. The summed E-state index contributed by atoms with van der Waals surface area (Å²) < 4.78 is 40.0. The van der Waals surface area contributed by atoms with Crippen molar-refractivity contribution >= 4 is 5.91 Å². The van der Waals surface area contributed by atoms with Crippen molar-refractivity contribution < 1.29 is 18.0 Å². The smallest absolute Gasteiger partial charge is 0.251 e. The molecule has 1 aliphatic heterocycles. The molecule has 3 aromatic rings. The highest BCUT2D eigenvalue weighted by atomic mass is 19.3. The third-order valence-corrected chi connectivity index (χ3v) is 7.15. The van der Waals surface area contributed by atoms with Gasteiger partial charge in [0.05, 0.1) is 0 Å². The first kappa shape index (κ1) is 23.6. The average molecular weight is 479 g/mol. The number of nitrogens with zero attached hydrogens (tertiary/aromatic N) is 1. The molecular formula is C29H29F3N2O. The molecule has 1 atom stereocenters. The highest BCUT2D eigenvalue weighted by Gasteiger charge is 2.33. The lowest BCUT2D eigenvalue weighted by molar-refractivity contribution is -0.0566. The van der Waals surface area contributed by atoms with Crippen LogP contribution in [-0.4, -0.2) is 35.9 Å². The summed E-state index contributed by atoms with van der Waals surface area (Å²) in [7, 11) is 0. The van der Waals surface area contributed by atoms with Crippen LogP contribution < -0.4 is 5.32 Å². The molecule has 6 heteroatoms. The zero-order chi connectivity index (χ0) is 24.4. The number of halogens is 3. The van der Waals surface area contributed by atoms with E-state index >= 15 is 0 Å². The van der Waals surface area contributed by atoms with Crippen LogP contribution >= 0.6 is 0 Å². The molecule has 2 aliphatic rings. The SMILES string of the molecule is O=C(NC1CCc2cc(CN3CCC(F)(F)CC3)ccc2C1)c1ccc(-c2ccc(F)cc2)cc1. The molecule has 1 aliphatic carbocycles. The van der Waals surface area contributed by atoms with Crippen molar-refractivity contribution in [2.45, 2.75) is 50.6 Å². The molecule has 0 radical (unpaired) electrons. The Kier molecular flexibility index (Phi) is 6.65. The van der Waals surface area contributed by atoms with Crippen LogP contribution in [0.3, 0.4) is 0 Å². The molecule has 5 rings (SSSR count). The van der Waals surface area contributed by atoms with Crippen molar-refractivity contribution in [3.05, 3.63) is 94.8 Å². The second kappa shape index (κ2) is 9.86. The van der Waals surface area contributed by atoms with Gasteiger partial charge in [0.1, 0.15) is 5.82 Å². The Labute approximate surface area is 204 Å². The summed E-state index contributed by atoms with van der Waals surface area (Å²) in [6.45, 7) is 1.57. The van der Waals surface area contributed by atoms with E-state index in [-0.39, 0.29) is 30.6 Å². The van der Waals surface area contributed by atoms with Crippen LogP contribution in [0.4, 0.5) is 13.2 Å². The number of hydrogen-bond acceptors (Lipinski definition) is 2. The summed E-state index contributed by atoms with van der Waals surface area (Å²) in [5.74, 6) is -2.89. The van der Waals surface area contributed by atoms with E-state index in [1.54, 1.807) is 24.3 Å². The Morgan fingerprint density at radius 2 is 1.57 bits per heavy atom. The van der Waals surface area contributed by atoms with E-state index in [4.69, 9.17) is 0 Å². The Morgan fingerprint density at radius 3 is 2.26 bits per heavy atom. The van der Waals surface area contributed by atoms with E-state index in [0.29, 0.717) is 25.2 Å². The van der Waals surface area contributed by atoms with E-state index in [1.807, 2.05) is 12.1 Å². The minimum Gasteiger partial charge on any atom is -0.349 e. The standard InChI is InChI=1S/C29H29F3N2O/c30-26-10-7-22(8-11-26)21-3-5-23(6-4-21)28(35)33-27-12-9-24-17-20(1-2-25(24)18-27)19-34-15-13-29(31,32)14-16-34/h1-8,10-11,17,27H,9,12-16,18-19H2,(H,33,35). The number of alkyl halides is 2. The van der Waals surface area contributed by atoms with Gasteiger partial charge in [0, 0.05) is 44.1 Å². The van der Waals surface area contributed by atoms with Crippen molar-refractivity contribution in [1.29, 1.82) is 0 Å². The van der Waals surface area contributed by atoms with Gasteiger partial charge in [-0.2, -0.15) is 0 Å². The first-order chi connectivity index (χ1) is 16.8. The van der Waals surface area contributed by atoms with Crippen LogP contribution in [0.5, 0.6) is 0 Å². The average Bonchev–Trinajstić information content (AvgIpc) is 2.86. The lowest BCUT2D eigenvalue weighted by Gasteiger charge is -2.32. The topological polar surface area (TPSA) is 32.3 Å². The Balaban J connectivity index is 1.17. The first-order valence-corrected chi connectivity index (χ1v) is 12.2. The van der Waals surface area contributed by atoms with Crippen LogP contribution in [-0.2, 0) is 19.4 Å². The number of amides is 1. The first-order valence-electron chi connectivity index (χ1n) is 12.2. The number of benzene rings is 3. The number of likely N-dealkylation sites (tertiary alicyclic amines) is 1. The molecule has 1 saturated heterocycles. The fraction of sp³-hybridized carbons (Fsp3) is 0.345. The van der Waals surface area contributed by atoms with Gasteiger partial charge in [-0.3, -0.25) is 9.69 Å². The van der Waals surface area contributed by atoms with Crippen LogP contribution in [0, 0.1) is 5.82 Å². The predicted molar refractivity (Wildman–Crippen MR) is 131 cm³/mol. The summed E-state index contributed by atoms with van der Waals surface area (Å²) in [6.07, 6.45) is 2.41. The second-order valence-electron chi connectivity index (χ2n) is 9.73. The van der Waals surface area contributed by atoms with Crippen molar-refractivity contribution in [2.75, 3.05) is 13.1 Å². The Hall–Kier alpha value is -3.12. The number of nitrogens with one attached hydrogen (secondary N) is 1. The summed E-state index contributed by atoms with van der Waals surface area (Å²) in [5.41, 5.74) is 6.13. The minimum atomic E-state index is -2.52. The second-order valence-corrected chi connectivity index (χ2v) is 9.73. The zero-order valence-electron chi connectivity index (χ0n) is 19.6. The van der Waals surface area contributed by atoms with E-state index in [0.717, 1.165) is 36.0 Å². The van der Waals surface area contributed by atoms with Gasteiger partial charge in [-0.15, -0.1) is 0 Å². The Morgan fingerprint density at radius 1 is 0.914 bits per heavy atom. The fourth-order valence-electron chi connectivity index (χ4n) is 5.05. The molecule has 0 bridgehead atoms. The number of carbonyl (C=O) groups is 1. The van der Waals surface area contributed by atoms with Crippen molar-refractivity contribution in [1.82, 2.24) is 10.2 Å². The van der Waals surface area contributed by atoms with E-state index < -0.39 is 5.92 Å². The third kappa shape index (κ3) is 5.76. The quantitative estimate of drug-likeness (QED) is 0.487. The highest BCUT2D eigenvalue weighted by molar-refractivity contribution is 5.94. The molecule has 35 heavy (non-hydrogen) atoms. The number of fused-ring (bicyclic) bond motifs is 1. The molecule has 1 N–H and O–H groups in total. The number of carbonyl (C=O) groups excluding carboxylic acids is 1. The maximum Gasteiger partial charge on any atom is 0.251 e. The van der Waals surface area contributed by atoms with E-state index in [9.17, 15) is 18.0 Å². The normalized spacial score (nSPS) is 19.7. The Bertz CT molecular complexity index is 1180. The fourth-order valence-corrected chi connectivity index (χ4v) is 5.05. The number of rotatable bonds is 5. The third-order valence-electron chi connectivity index (χ3n) is 7.15. The summed E-state index contributed by atoms with van der Waals surface area (Å²) in [6, 6.07) is 20.1. The molecule has 3 nitrogen and oxygen atoms in total. The molecular weight excluding hydrogens is 449 g/mol.